The van der Waals surface area contributed by atoms with E-state index < -0.39 is 11.7 Å². The number of para-hydroxylation sites is 2. The van der Waals surface area contributed by atoms with E-state index >= 15 is 9.59 Å². The number of amides is 2. The quantitative estimate of drug-likeness (QED) is 0.126. The number of carbonyl (C=O) groups is 3. The van der Waals surface area contributed by atoms with Gasteiger partial charge < -0.3 is 28.6 Å². The maximum absolute atomic E-state index is 15.8. The molecule has 6 aromatic carbocycles. The third-order valence-corrected chi connectivity index (χ3v) is 13.4. The van der Waals surface area contributed by atoms with E-state index in [4.69, 9.17) is 14.2 Å². The number of anilines is 2. The van der Waals surface area contributed by atoms with Gasteiger partial charge in [-0.3, -0.25) is 24.0 Å². The summed E-state index contributed by atoms with van der Waals surface area (Å²) in [6.07, 6.45) is 3.77. The second-order valence-electron chi connectivity index (χ2n) is 19.3. The molecule has 0 aliphatic carbocycles. The van der Waals surface area contributed by atoms with Gasteiger partial charge in [0.15, 0.2) is 11.5 Å². The van der Waals surface area contributed by atoms with E-state index in [1.807, 2.05) is 164 Å². The Kier molecular flexibility index (Phi) is 12.8. The first kappa shape index (κ1) is 46.1. The van der Waals surface area contributed by atoms with Crippen molar-refractivity contribution in [3.8, 4) is 17.2 Å². The lowest BCUT2D eigenvalue weighted by molar-refractivity contribution is 0.0530. The lowest BCUT2D eigenvalue weighted by Gasteiger charge is -2.41. The molecule has 1 saturated heterocycles. The molecule has 0 N–H and O–H groups in total. The van der Waals surface area contributed by atoms with Crippen LogP contribution in [0.2, 0.25) is 0 Å². The standard InChI is InChI=1S/C58H58N6O6/c1-58(2,3)70-57(67)61-27-26-42-33-45(24-25-50(42)61)64(44-20-10-7-11-21-44)56(66)49-38-63(51-23-15-14-22-47(49)51)52-35-53(68-5)54(69-39-40-16-8-6-9-17-40)34-48(52)55(65)62-36-43-19-13-12-18-41(43)32-46(62)37-60-30-28-59(4)29-31-60/h6-27,33-35,38,46H,28-32,36-37,39H2,1-5H3/t46-/m0/s1. The molecule has 1 atom stereocenters. The predicted molar refractivity (Wildman–Crippen MR) is 275 cm³/mol. The molecule has 0 radical (unpaired) electrons. The van der Waals surface area contributed by atoms with Gasteiger partial charge in [0.25, 0.3) is 11.8 Å². The van der Waals surface area contributed by atoms with Crippen molar-refractivity contribution in [2.75, 3.05) is 51.8 Å². The van der Waals surface area contributed by atoms with Crippen molar-refractivity contribution in [3.63, 3.8) is 0 Å². The van der Waals surface area contributed by atoms with Crippen LogP contribution in [0, 0.1) is 0 Å². The van der Waals surface area contributed by atoms with E-state index in [1.165, 1.54) is 10.1 Å². The highest BCUT2D eigenvalue weighted by atomic mass is 16.6. The molecule has 12 nitrogen and oxygen atoms in total. The molecule has 2 aliphatic heterocycles. The summed E-state index contributed by atoms with van der Waals surface area (Å²) in [6.45, 7) is 10.8. The van der Waals surface area contributed by atoms with Gasteiger partial charge in [-0.05, 0) is 99.5 Å². The molecule has 12 heteroatoms. The maximum atomic E-state index is 15.8. The molecule has 8 aromatic rings. The van der Waals surface area contributed by atoms with Crippen LogP contribution in [0.5, 0.6) is 11.5 Å². The Balaban J connectivity index is 1.09. The topological polar surface area (TPSA) is 102 Å². The third kappa shape index (κ3) is 9.40. The van der Waals surface area contributed by atoms with Gasteiger partial charge in [0.1, 0.15) is 12.2 Å². The number of ether oxygens (including phenoxy) is 3. The van der Waals surface area contributed by atoms with Crippen molar-refractivity contribution in [1.29, 1.82) is 0 Å². The number of benzene rings is 6. The lowest BCUT2D eigenvalue weighted by atomic mass is 9.92. The maximum Gasteiger partial charge on any atom is 0.418 e. The summed E-state index contributed by atoms with van der Waals surface area (Å²) in [5, 5.41) is 1.46. The van der Waals surface area contributed by atoms with Gasteiger partial charge in [-0.15, -0.1) is 0 Å². The summed E-state index contributed by atoms with van der Waals surface area (Å²) in [5.74, 6) is 0.461. The zero-order valence-electron chi connectivity index (χ0n) is 40.4. The number of methoxy groups -OCH3 is 1. The number of likely N-dealkylation sites (N-methyl/N-ethyl adjacent to an activating group) is 1. The average molecular weight is 935 g/mol. The summed E-state index contributed by atoms with van der Waals surface area (Å²) in [4.78, 5) is 53.1. The summed E-state index contributed by atoms with van der Waals surface area (Å²) in [7, 11) is 3.76. The largest absolute Gasteiger partial charge is 0.493 e. The number of nitrogens with zero attached hydrogens (tertiary/aromatic N) is 6. The first-order valence-corrected chi connectivity index (χ1v) is 23.9. The van der Waals surface area contributed by atoms with Crippen molar-refractivity contribution in [2.45, 2.75) is 52.0 Å². The first-order chi connectivity index (χ1) is 33.9. The zero-order valence-corrected chi connectivity index (χ0v) is 40.4. The van der Waals surface area contributed by atoms with Gasteiger partial charge in [0, 0.05) is 85.9 Å². The smallest absolute Gasteiger partial charge is 0.418 e. The van der Waals surface area contributed by atoms with Crippen LogP contribution in [-0.2, 0) is 24.3 Å². The molecular formula is C58H58N6O6. The average Bonchev–Trinajstić information content (AvgIpc) is 3.98. The second kappa shape index (κ2) is 19.4. The van der Waals surface area contributed by atoms with Gasteiger partial charge in [-0.1, -0.05) is 91.0 Å². The molecule has 10 rings (SSSR count). The molecule has 356 valence electrons. The molecule has 70 heavy (non-hydrogen) atoms. The van der Waals surface area contributed by atoms with Crippen LogP contribution >= 0.6 is 0 Å². The van der Waals surface area contributed by atoms with Crippen LogP contribution in [0.1, 0.15) is 58.2 Å². The molecule has 0 unspecified atom stereocenters. The van der Waals surface area contributed by atoms with E-state index in [2.05, 4.69) is 35.0 Å². The van der Waals surface area contributed by atoms with E-state index in [0.29, 0.717) is 57.1 Å². The van der Waals surface area contributed by atoms with Crippen LogP contribution < -0.4 is 14.4 Å². The number of hydrogen-bond donors (Lipinski definition) is 0. The van der Waals surface area contributed by atoms with Crippen LogP contribution in [0.25, 0.3) is 27.5 Å². The number of carbonyl (C=O) groups excluding carboxylic acids is 3. The molecule has 0 spiro atoms. The van der Waals surface area contributed by atoms with Crippen LogP contribution in [-0.4, -0.2) is 100 Å². The fraction of sp³-hybridized carbons (Fsp3) is 0.259. The molecule has 1 fully saturated rings. The van der Waals surface area contributed by atoms with Crippen molar-refractivity contribution in [2.24, 2.45) is 0 Å². The highest BCUT2D eigenvalue weighted by Crippen LogP contribution is 2.39. The Bertz CT molecular complexity index is 3200. The monoisotopic (exact) mass is 934 g/mol. The number of piperazine rings is 1. The first-order valence-electron chi connectivity index (χ1n) is 23.9. The fourth-order valence-corrected chi connectivity index (χ4v) is 9.77. The van der Waals surface area contributed by atoms with E-state index in [9.17, 15) is 4.79 Å². The van der Waals surface area contributed by atoms with E-state index in [0.717, 1.165) is 61.2 Å². The molecular weight excluding hydrogens is 877 g/mol. The minimum Gasteiger partial charge on any atom is -0.493 e. The van der Waals surface area contributed by atoms with Gasteiger partial charge >= 0.3 is 6.09 Å². The molecule has 0 bridgehead atoms. The highest BCUT2D eigenvalue weighted by Gasteiger charge is 2.35. The van der Waals surface area contributed by atoms with Gasteiger partial charge in [0.05, 0.1) is 35.0 Å². The molecule has 4 heterocycles. The molecule has 0 saturated carbocycles. The summed E-state index contributed by atoms with van der Waals surface area (Å²) >= 11 is 0. The minimum absolute atomic E-state index is 0.0919. The normalized spacial score (nSPS) is 15.4. The Morgan fingerprint density at radius 2 is 1.40 bits per heavy atom. The summed E-state index contributed by atoms with van der Waals surface area (Å²) < 4.78 is 21.7. The van der Waals surface area contributed by atoms with Crippen LogP contribution in [0.15, 0.2) is 158 Å². The Hall–Kier alpha value is -7.67. The van der Waals surface area contributed by atoms with Gasteiger partial charge in [0.2, 0.25) is 0 Å². The van der Waals surface area contributed by atoms with E-state index in [-0.39, 0.29) is 24.5 Å². The van der Waals surface area contributed by atoms with E-state index in [1.54, 1.807) is 18.2 Å². The summed E-state index contributed by atoms with van der Waals surface area (Å²) in [6, 6.07) is 46.7. The second-order valence-corrected chi connectivity index (χ2v) is 19.3. The van der Waals surface area contributed by atoms with Crippen LogP contribution in [0.4, 0.5) is 16.2 Å². The Morgan fingerprint density at radius 3 is 2.14 bits per heavy atom. The highest BCUT2D eigenvalue weighted by molar-refractivity contribution is 6.18. The number of hydrogen-bond acceptors (Lipinski definition) is 8. The SMILES string of the molecule is COc1cc(-n2cc(C(=O)N(c3ccccc3)c3ccc4c(ccn4C(=O)OC(C)(C)C)c3)c3ccccc32)c(C(=O)N2Cc3ccccc3C[C@H]2CN2CCN(C)CC2)cc1OCc1ccccc1. The molecule has 2 aromatic heterocycles. The molecule has 2 aliphatic rings. The van der Waals surface area contributed by atoms with Crippen molar-refractivity contribution >= 4 is 51.1 Å². The number of rotatable bonds is 11. The Labute approximate surface area is 408 Å². The van der Waals surface area contributed by atoms with Gasteiger partial charge in [-0.25, -0.2) is 4.79 Å². The summed E-state index contributed by atoms with van der Waals surface area (Å²) in [5.41, 5.74) is 6.74. The predicted octanol–water partition coefficient (Wildman–Crippen LogP) is 10.7. The van der Waals surface area contributed by atoms with Crippen molar-refractivity contribution in [1.82, 2.24) is 23.8 Å². The van der Waals surface area contributed by atoms with Crippen molar-refractivity contribution < 1.29 is 28.6 Å². The van der Waals surface area contributed by atoms with Gasteiger partial charge in [-0.2, -0.15) is 0 Å². The third-order valence-electron chi connectivity index (χ3n) is 13.4. The number of fused-ring (bicyclic) bond motifs is 3. The fourth-order valence-electron chi connectivity index (χ4n) is 9.77. The molecule has 2 amide bonds. The minimum atomic E-state index is -0.673. The van der Waals surface area contributed by atoms with Crippen LogP contribution in [0.3, 0.4) is 0 Å². The van der Waals surface area contributed by atoms with Crippen molar-refractivity contribution in [3.05, 3.63) is 186 Å². The number of aromatic nitrogens is 2. The zero-order chi connectivity index (χ0) is 48.5. The lowest BCUT2D eigenvalue weighted by Crippen LogP contribution is -2.53. The Morgan fingerprint density at radius 1 is 0.700 bits per heavy atom.